The average molecular weight is 381 g/mol. The van der Waals surface area contributed by atoms with Crippen LogP contribution in [0.2, 0.25) is 0 Å². The Kier molecular flexibility index (Phi) is 5.26. The molecular weight excluding hydrogens is 358 g/mol. The number of aliphatic hydroxyl groups is 2. The highest BCUT2D eigenvalue weighted by Crippen LogP contribution is 2.35. The van der Waals surface area contributed by atoms with Crippen molar-refractivity contribution < 1.29 is 24.9 Å². The zero-order chi connectivity index (χ0) is 19.8. The van der Waals surface area contributed by atoms with Gasteiger partial charge in [0.25, 0.3) is 0 Å². The summed E-state index contributed by atoms with van der Waals surface area (Å²) in [6, 6.07) is 0. The van der Waals surface area contributed by atoms with Gasteiger partial charge in [-0.2, -0.15) is 0 Å². The second-order valence-electron chi connectivity index (χ2n) is 6.65. The number of fused-ring (bicyclic) bond motifs is 1. The van der Waals surface area contributed by atoms with Crippen LogP contribution in [-0.4, -0.2) is 78.3 Å². The second kappa shape index (κ2) is 7.32. The Morgan fingerprint density at radius 3 is 2.78 bits per heavy atom. The topological polar surface area (TPSA) is 195 Å². The lowest BCUT2D eigenvalue weighted by Gasteiger charge is -2.28. The molecule has 148 valence electrons. The number of carboxylic acid groups (broad SMARTS) is 1. The number of hydrogen-bond donors (Lipinski definition) is 6. The zero-order valence-corrected chi connectivity index (χ0v) is 14.7. The smallest absolute Gasteiger partial charge is 0.323 e. The standard InChI is InChI=1S/C15H23N7O5/c1-18-3-2-15(17,14(25)26)4-7-9(23)10(24)13(27-7)22-6-21-8-11(16)19-5-20-12(8)22/h5-7,9-10,13,18,23-24H,2-4,17H2,1H3,(H,25,26)(H2,16,19,20)/t7-,9-,10-,13-,15?/m1/s1. The van der Waals surface area contributed by atoms with E-state index < -0.39 is 36.0 Å². The van der Waals surface area contributed by atoms with Gasteiger partial charge in [0.2, 0.25) is 0 Å². The van der Waals surface area contributed by atoms with Gasteiger partial charge in [0.15, 0.2) is 17.7 Å². The molecule has 5 atom stereocenters. The van der Waals surface area contributed by atoms with Gasteiger partial charge in [0, 0.05) is 6.42 Å². The molecule has 0 spiro atoms. The fourth-order valence-corrected chi connectivity index (χ4v) is 3.19. The van der Waals surface area contributed by atoms with Crippen molar-refractivity contribution >= 4 is 23.0 Å². The number of nitrogens with zero attached hydrogens (tertiary/aromatic N) is 4. The van der Waals surface area contributed by atoms with Crippen molar-refractivity contribution in [3.05, 3.63) is 12.7 Å². The molecule has 1 saturated heterocycles. The molecule has 12 heteroatoms. The minimum absolute atomic E-state index is 0.129. The Morgan fingerprint density at radius 2 is 2.11 bits per heavy atom. The van der Waals surface area contributed by atoms with Gasteiger partial charge in [-0.05, 0) is 20.0 Å². The van der Waals surface area contributed by atoms with Crippen molar-refractivity contribution in [2.24, 2.45) is 5.73 Å². The molecule has 27 heavy (non-hydrogen) atoms. The second-order valence-corrected chi connectivity index (χ2v) is 6.65. The number of aliphatic hydroxyl groups excluding tert-OH is 2. The molecule has 0 saturated carbocycles. The maximum atomic E-state index is 11.6. The maximum Gasteiger partial charge on any atom is 0.323 e. The van der Waals surface area contributed by atoms with Crippen LogP contribution in [0, 0.1) is 0 Å². The summed E-state index contributed by atoms with van der Waals surface area (Å²) in [5, 5.41) is 33.2. The predicted molar refractivity (Wildman–Crippen MR) is 93.4 cm³/mol. The number of aliphatic carboxylic acids is 1. The molecule has 0 amide bonds. The van der Waals surface area contributed by atoms with Crippen LogP contribution in [0.4, 0.5) is 5.82 Å². The first-order valence-corrected chi connectivity index (χ1v) is 8.40. The molecule has 1 fully saturated rings. The number of hydrogen-bond acceptors (Lipinski definition) is 10. The summed E-state index contributed by atoms with van der Waals surface area (Å²) in [4.78, 5) is 23.7. The first kappa shape index (κ1) is 19.4. The number of aromatic nitrogens is 4. The molecule has 8 N–H and O–H groups in total. The quantitative estimate of drug-likeness (QED) is 0.305. The van der Waals surface area contributed by atoms with Crippen molar-refractivity contribution in [3.8, 4) is 0 Å². The molecule has 0 aliphatic carbocycles. The Bertz CT molecular complexity index is 830. The van der Waals surface area contributed by atoms with Gasteiger partial charge in [0.05, 0.1) is 12.4 Å². The Morgan fingerprint density at radius 1 is 1.37 bits per heavy atom. The van der Waals surface area contributed by atoms with Crippen molar-refractivity contribution in [1.29, 1.82) is 0 Å². The number of nitrogen functional groups attached to an aromatic ring is 1. The number of carboxylic acids is 1. The number of ether oxygens (including phenoxy) is 1. The first-order chi connectivity index (χ1) is 12.8. The zero-order valence-electron chi connectivity index (χ0n) is 14.7. The van der Waals surface area contributed by atoms with Crippen molar-refractivity contribution in [2.45, 2.75) is 42.9 Å². The van der Waals surface area contributed by atoms with Gasteiger partial charge in [-0.1, -0.05) is 0 Å². The summed E-state index contributed by atoms with van der Waals surface area (Å²) in [5.74, 6) is -1.04. The third-order valence-electron chi connectivity index (χ3n) is 4.81. The lowest BCUT2D eigenvalue weighted by atomic mass is 9.87. The monoisotopic (exact) mass is 381 g/mol. The first-order valence-electron chi connectivity index (χ1n) is 8.40. The van der Waals surface area contributed by atoms with E-state index in [1.807, 2.05) is 0 Å². The number of nitrogens with one attached hydrogen (secondary N) is 1. The molecule has 1 aliphatic rings. The third kappa shape index (κ3) is 3.44. The summed E-state index contributed by atoms with van der Waals surface area (Å²) < 4.78 is 7.19. The summed E-state index contributed by atoms with van der Waals surface area (Å²) >= 11 is 0. The van der Waals surface area contributed by atoms with Crippen LogP contribution in [0.25, 0.3) is 11.2 Å². The number of nitrogens with two attached hydrogens (primary N) is 2. The van der Waals surface area contributed by atoms with E-state index in [1.54, 1.807) is 7.05 Å². The molecule has 0 aromatic carbocycles. The van der Waals surface area contributed by atoms with E-state index in [4.69, 9.17) is 16.2 Å². The van der Waals surface area contributed by atoms with Crippen molar-refractivity contribution in [1.82, 2.24) is 24.8 Å². The van der Waals surface area contributed by atoms with E-state index in [2.05, 4.69) is 20.3 Å². The molecular formula is C15H23N7O5. The lowest BCUT2D eigenvalue weighted by molar-refractivity contribution is -0.146. The molecule has 1 aliphatic heterocycles. The van der Waals surface area contributed by atoms with Crippen LogP contribution >= 0.6 is 0 Å². The average Bonchev–Trinajstić information content (AvgIpc) is 3.17. The normalized spacial score (nSPS) is 27.7. The van der Waals surface area contributed by atoms with Crippen LogP contribution in [-0.2, 0) is 9.53 Å². The highest BCUT2D eigenvalue weighted by Gasteiger charge is 2.48. The number of rotatable bonds is 7. The summed E-state index contributed by atoms with van der Waals surface area (Å²) in [5.41, 5.74) is 10.8. The van der Waals surface area contributed by atoms with E-state index >= 15 is 0 Å². The van der Waals surface area contributed by atoms with Crippen LogP contribution in [0.15, 0.2) is 12.7 Å². The molecule has 3 heterocycles. The highest BCUT2D eigenvalue weighted by molar-refractivity contribution is 5.81. The fourth-order valence-electron chi connectivity index (χ4n) is 3.19. The minimum atomic E-state index is -1.62. The number of carbonyl (C=O) groups is 1. The van der Waals surface area contributed by atoms with Crippen molar-refractivity contribution in [2.75, 3.05) is 19.3 Å². The van der Waals surface area contributed by atoms with Crippen LogP contribution in [0.1, 0.15) is 19.1 Å². The largest absolute Gasteiger partial charge is 0.480 e. The van der Waals surface area contributed by atoms with Gasteiger partial charge in [-0.15, -0.1) is 0 Å². The summed E-state index contributed by atoms with van der Waals surface area (Å²) in [6.45, 7) is 0.375. The number of imidazole rings is 1. The Balaban J connectivity index is 1.85. The Labute approximate surface area is 154 Å². The van der Waals surface area contributed by atoms with Gasteiger partial charge in [-0.3, -0.25) is 9.36 Å². The number of anilines is 1. The van der Waals surface area contributed by atoms with Crippen LogP contribution in [0.5, 0.6) is 0 Å². The molecule has 2 aromatic heterocycles. The van der Waals surface area contributed by atoms with Gasteiger partial charge < -0.3 is 36.8 Å². The van der Waals surface area contributed by atoms with Crippen molar-refractivity contribution in [3.63, 3.8) is 0 Å². The minimum Gasteiger partial charge on any atom is -0.480 e. The van der Waals surface area contributed by atoms with E-state index in [-0.39, 0.29) is 18.7 Å². The highest BCUT2D eigenvalue weighted by atomic mass is 16.6. The maximum absolute atomic E-state index is 11.6. The van der Waals surface area contributed by atoms with Crippen LogP contribution < -0.4 is 16.8 Å². The van der Waals surface area contributed by atoms with Gasteiger partial charge in [0.1, 0.15) is 29.6 Å². The molecule has 2 aromatic rings. The lowest BCUT2D eigenvalue weighted by Crippen LogP contribution is -2.53. The molecule has 3 rings (SSSR count). The van der Waals surface area contributed by atoms with Gasteiger partial charge >= 0.3 is 5.97 Å². The molecule has 12 nitrogen and oxygen atoms in total. The molecule has 0 bridgehead atoms. The molecule has 1 unspecified atom stereocenters. The van der Waals surface area contributed by atoms with E-state index in [0.717, 1.165) is 0 Å². The Hall–Kier alpha value is -2.38. The summed E-state index contributed by atoms with van der Waals surface area (Å²) in [6.07, 6.45) is -2.10. The SMILES string of the molecule is CNCCC(N)(C[C@H]1O[C@@H](n2cnc3c(N)ncnc32)[C@H](O)[C@@H]1O)C(=O)O. The van der Waals surface area contributed by atoms with E-state index in [9.17, 15) is 20.1 Å². The third-order valence-corrected chi connectivity index (χ3v) is 4.81. The van der Waals surface area contributed by atoms with Gasteiger partial charge in [-0.25, -0.2) is 15.0 Å². The fraction of sp³-hybridized carbons (Fsp3) is 0.600. The summed E-state index contributed by atoms with van der Waals surface area (Å²) in [7, 11) is 1.68. The van der Waals surface area contributed by atoms with E-state index in [1.165, 1.54) is 17.2 Å². The molecule has 0 radical (unpaired) electrons. The predicted octanol–water partition coefficient (Wildman–Crippen LogP) is -2.19. The van der Waals surface area contributed by atoms with E-state index in [0.29, 0.717) is 17.7 Å². The van der Waals surface area contributed by atoms with Crippen LogP contribution in [0.3, 0.4) is 0 Å².